The number of carbonyl (C=O) groups excluding carboxylic acids is 2. The van der Waals surface area contributed by atoms with Crippen LogP contribution in [0.3, 0.4) is 0 Å². The minimum atomic E-state index is -0.216. The van der Waals surface area contributed by atoms with E-state index in [2.05, 4.69) is 12.2 Å². The van der Waals surface area contributed by atoms with Crippen LogP contribution in [0.15, 0.2) is 0 Å². The number of hydrogen-bond acceptors (Lipinski definition) is 2. The summed E-state index contributed by atoms with van der Waals surface area (Å²) < 4.78 is 0. The Hall–Kier alpha value is -1.06. The number of piperazine rings is 1. The highest BCUT2D eigenvalue weighted by Crippen LogP contribution is 2.36. The van der Waals surface area contributed by atoms with Gasteiger partial charge in [-0.05, 0) is 43.9 Å². The molecule has 2 aliphatic carbocycles. The molecule has 2 amide bonds. The molecule has 1 N–H and O–H groups in total. The van der Waals surface area contributed by atoms with Crippen LogP contribution < -0.4 is 5.32 Å². The van der Waals surface area contributed by atoms with Gasteiger partial charge in [0.05, 0.1) is 6.54 Å². The first-order valence-electron chi connectivity index (χ1n) is 6.75. The summed E-state index contributed by atoms with van der Waals surface area (Å²) in [5, 5.41) is 2.86. The van der Waals surface area contributed by atoms with Crippen LogP contribution in [-0.2, 0) is 9.59 Å². The summed E-state index contributed by atoms with van der Waals surface area (Å²) in [6.45, 7) is 2.51. The molecule has 1 saturated heterocycles. The van der Waals surface area contributed by atoms with E-state index in [-0.39, 0.29) is 24.4 Å². The second-order valence-electron chi connectivity index (χ2n) is 5.92. The molecule has 17 heavy (non-hydrogen) atoms. The highest BCUT2D eigenvalue weighted by molar-refractivity contribution is 5.95. The van der Waals surface area contributed by atoms with Crippen LogP contribution in [0, 0.1) is 11.8 Å². The molecule has 0 bridgehead atoms. The Balaban J connectivity index is 1.73. The van der Waals surface area contributed by atoms with Crippen molar-refractivity contribution in [2.45, 2.75) is 51.1 Å². The highest BCUT2D eigenvalue weighted by Gasteiger charge is 2.45. The van der Waals surface area contributed by atoms with E-state index in [9.17, 15) is 9.59 Å². The summed E-state index contributed by atoms with van der Waals surface area (Å²) in [6, 6.07) is 0.0944. The molecule has 0 aromatic heterocycles. The third kappa shape index (κ3) is 2.05. The van der Waals surface area contributed by atoms with Gasteiger partial charge in [-0.15, -0.1) is 0 Å². The molecule has 0 aromatic carbocycles. The molecule has 3 fully saturated rings. The van der Waals surface area contributed by atoms with Gasteiger partial charge >= 0.3 is 0 Å². The molecule has 4 nitrogen and oxygen atoms in total. The lowest BCUT2D eigenvalue weighted by atomic mass is 10.0. The molecule has 2 saturated carbocycles. The van der Waals surface area contributed by atoms with E-state index >= 15 is 0 Å². The number of nitrogens with zero attached hydrogens (tertiary/aromatic N) is 1. The predicted molar refractivity (Wildman–Crippen MR) is 63.2 cm³/mol. The molecular formula is C13H20N2O2. The molecule has 1 heterocycles. The van der Waals surface area contributed by atoms with Crippen LogP contribution in [0.2, 0.25) is 0 Å². The molecule has 3 aliphatic rings. The smallest absolute Gasteiger partial charge is 0.246 e. The van der Waals surface area contributed by atoms with E-state index in [1.54, 1.807) is 0 Å². The molecular weight excluding hydrogens is 216 g/mol. The quantitative estimate of drug-likeness (QED) is 0.775. The largest absolute Gasteiger partial charge is 0.342 e. The van der Waals surface area contributed by atoms with Gasteiger partial charge in [0, 0.05) is 6.04 Å². The van der Waals surface area contributed by atoms with Crippen LogP contribution >= 0.6 is 0 Å². The zero-order valence-corrected chi connectivity index (χ0v) is 10.3. The second-order valence-corrected chi connectivity index (χ2v) is 5.92. The summed E-state index contributed by atoms with van der Waals surface area (Å²) in [5.74, 6) is 1.30. The Kier molecular flexibility index (Phi) is 2.60. The fraction of sp³-hybridized carbons (Fsp3) is 0.846. The summed E-state index contributed by atoms with van der Waals surface area (Å²) in [7, 11) is 0. The molecule has 3 unspecified atom stereocenters. The van der Waals surface area contributed by atoms with Crippen molar-refractivity contribution in [1.29, 1.82) is 0 Å². The van der Waals surface area contributed by atoms with Crippen molar-refractivity contribution in [3.63, 3.8) is 0 Å². The molecule has 3 rings (SSSR count). The summed E-state index contributed by atoms with van der Waals surface area (Å²) in [4.78, 5) is 25.9. The van der Waals surface area contributed by atoms with Gasteiger partial charge in [-0.2, -0.15) is 0 Å². The molecule has 0 radical (unpaired) electrons. The summed E-state index contributed by atoms with van der Waals surface area (Å²) >= 11 is 0. The van der Waals surface area contributed by atoms with E-state index in [0.29, 0.717) is 17.9 Å². The zero-order valence-electron chi connectivity index (χ0n) is 10.3. The Morgan fingerprint density at radius 1 is 1.18 bits per heavy atom. The highest BCUT2D eigenvalue weighted by atomic mass is 16.2. The second kappa shape index (κ2) is 4.00. The van der Waals surface area contributed by atoms with Crippen molar-refractivity contribution < 1.29 is 9.59 Å². The van der Waals surface area contributed by atoms with Crippen LogP contribution in [0.1, 0.15) is 39.0 Å². The van der Waals surface area contributed by atoms with Gasteiger partial charge in [-0.25, -0.2) is 0 Å². The van der Waals surface area contributed by atoms with Crippen LogP contribution in [0.5, 0.6) is 0 Å². The molecule has 0 spiro atoms. The molecule has 4 heteroatoms. The fourth-order valence-electron chi connectivity index (χ4n) is 3.21. The SMILES string of the molecule is CC1CCC(N2CC(=O)NC(C3CC3)C2=O)C1. The third-order valence-corrected chi connectivity index (χ3v) is 4.38. The van der Waals surface area contributed by atoms with Gasteiger partial charge in [0.15, 0.2) is 0 Å². The molecule has 94 valence electrons. The van der Waals surface area contributed by atoms with Crippen molar-refractivity contribution in [1.82, 2.24) is 10.2 Å². The van der Waals surface area contributed by atoms with Crippen molar-refractivity contribution in [2.75, 3.05) is 6.54 Å². The lowest BCUT2D eigenvalue weighted by Gasteiger charge is -2.36. The normalized spacial score (nSPS) is 38.4. The Bertz CT molecular complexity index is 351. The monoisotopic (exact) mass is 236 g/mol. The van der Waals surface area contributed by atoms with E-state index < -0.39 is 0 Å². The molecule has 0 aromatic rings. The minimum absolute atomic E-state index is 0.0288. The number of amides is 2. The topological polar surface area (TPSA) is 49.4 Å². The lowest BCUT2D eigenvalue weighted by Crippen LogP contribution is -2.61. The standard InChI is InChI=1S/C13H20N2O2/c1-8-2-5-10(6-8)15-7-11(16)14-12(13(15)17)9-3-4-9/h8-10,12H,2-7H2,1H3,(H,14,16). The van der Waals surface area contributed by atoms with Crippen molar-refractivity contribution in [3.05, 3.63) is 0 Å². The van der Waals surface area contributed by atoms with E-state index in [4.69, 9.17) is 0 Å². The van der Waals surface area contributed by atoms with Gasteiger partial charge in [0.25, 0.3) is 0 Å². The number of carbonyl (C=O) groups is 2. The van der Waals surface area contributed by atoms with Crippen molar-refractivity contribution in [2.24, 2.45) is 11.8 Å². The predicted octanol–water partition coefficient (Wildman–Crippen LogP) is 0.912. The maximum Gasteiger partial charge on any atom is 0.246 e. The first-order valence-corrected chi connectivity index (χ1v) is 6.75. The van der Waals surface area contributed by atoms with Crippen LogP contribution in [-0.4, -0.2) is 35.3 Å². The van der Waals surface area contributed by atoms with Crippen molar-refractivity contribution >= 4 is 11.8 Å². The fourth-order valence-corrected chi connectivity index (χ4v) is 3.21. The van der Waals surface area contributed by atoms with Gasteiger partial charge in [-0.1, -0.05) is 6.92 Å². The number of hydrogen-bond donors (Lipinski definition) is 1. The van der Waals surface area contributed by atoms with E-state index in [1.807, 2.05) is 4.90 Å². The van der Waals surface area contributed by atoms with Crippen LogP contribution in [0.25, 0.3) is 0 Å². The average Bonchev–Trinajstić information content (AvgIpc) is 3.04. The average molecular weight is 236 g/mol. The maximum atomic E-state index is 12.4. The van der Waals surface area contributed by atoms with Gasteiger partial charge in [0.2, 0.25) is 11.8 Å². The zero-order chi connectivity index (χ0) is 12.0. The summed E-state index contributed by atoms with van der Waals surface area (Å²) in [6.07, 6.45) is 5.50. The van der Waals surface area contributed by atoms with E-state index in [1.165, 1.54) is 6.42 Å². The first kappa shape index (κ1) is 11.1. The van der Waals surface area contributed by atoms with Crippen molar-refractivity contribution in [3.8, 4) is 0 Å². The Morgan fingerprint density at radius 3 is 2.53 bits per heavy atom. The molecule has 3 atom stereocenters. The molecule has 1 aliphatic heterocycles. The van der Waals surface area contributed by atoms with Gasteiger partial charge < -0.3 is 10.2 Å². The number of rotatable bonds is 2. The van der Waals surface area contributed by atoms with E-state index in [0.717, 1.165) is 25.7 Å². The Morgan fingerprint density at radius 2 is 1.94 bits per heavy atom. The first-order chi connectivity index (χ1) is 8.15. The third-order valence-electron chi connectivity index (χ3n) is 4.38. The number of nitrogens with one attached hydrogen (secondary N) is 1. The van der Waals surface area contributed by atoms with Gasteiger partial charge in [0.1, 0.15) is 6.04 Å². The lowest BCUT2D eigenvalue weighted by molar-refractivity contribution is -0.147. The van der Waals surface area contributed by atoms with Gasteiger partial charge in [-0.3, -0.25) is 9.59 Å². The minimum Gasteiger partial charge on any atom is -0.342 e. The maximum absolute atomic E-state index is 12.4. The Labute approximate surface area is 102 Å². The summed E-state index contributed by atoms with van der Waals surface area (Å²) in [5.41, 5.74) is 0. The van der Waals surface area contributed by atoms with Crippen LogP contribution in [0.4, 0.5) is 0 Å².